The van der Waals surface area contributed by atoms with E-state index >= 15 is 0 Å². The first-order valence-corrected chi connectivity index (χ1v) is 7.45. The monoisotopic (exact) mass is 323 g/mol. The van der Waals surface area contributed by atoms with Gasteiger partial charge in [-0.3, -0.25) is 10.1 Å². The van der Waals surface area contributed by atoms with Gasteiger partial charge in [0.25, 0.3) is 0 Å². The maximum Gasteiger partial charge on any atom is 0.306 e. The second-order valence-corrected chi connectivity index (χ2v) is 6.24. The standard InChI is InChI=1S/C11H15F2N3O4S/c1-7(5-14-2)6-15-21(19,20)11-4-10(16(17)18)8(12)3-9(11)13/h3-4,7,14-15H,5-6H2,1-2H3. The van der Waals surface area contributed by atoms with E-state index in [1.165, 1.54) is 0 Å². The number of sulfonamides is 1. The molecule has 0 aromatic heterocycles. The highest BCUT2D eigenvalue weighted by Gasteiger charge is 2.26. The largest absolute Gasteiger partial charge is 0.319 e. The van der Waals surface area contributed by atoms with Gasteiger partial charge in [0.15, 0.2) is 0 Å². The summed E-state index contributed by atoms with van der Waals surface area (Å²) in [5, 5.41) is 13.4. The van der Waals surface area contributed by atoms with Crippen LogP contribution in [0.2, 0.25) is 0 Å². The summed E-state index contributed by atoms with van der Waals surface area (Å²) in [4.78, 5) is 8.52. The first kappa shape index (κ1) is 17.4. The maximum atomic E-state index is 13.6. The number of halogens is 2. The van der Waals surface area contributed by atoms with Crippen LogP contribution >= 0.6 is 0 Å². The van der Waals surface area contributed by atoms with Gasteiger partial charge in [-0.15, -0.1) is 0 Å². The molecule has 21 heavy (non-hydrogen) atoms. The molecule has 1 atom stereocenters. The number of rotatable bonds is 7. The number of hydrogen-bond acceptors (Lipinski definition) is 5. The third-order valence-corrected chi connectivity index (χ3v) is 4.10. The molecule has 1 aromatic carbocycles. The summed E-state index contributed by atoms with van der Waals surface area (Å²) in [7, 11) is -2.61. The number of nitrogens with one attached hydrogen (secondary N) is 2. The molecular weight excluding hydrogens is 308 g/mol. The van der Waals surface area contributed by atoms with Gasteiger partial charge >= 0.3 is 5.69 Å². The minimum Gasteiger partial charge on any atom is -0.319 e. The van der Waals surface area contributed by atoms with Gasteiger partial charge in [0.2, 0.25) is 15.8 Å². The van der Waals surface area contributed by atoms with E-state index in [-0.39, 0.29) is 18.5 Å². The number of benzene rings is 1. The van der Waals surface area contributed by atoms with Crippen molar-refractivity contribution in [3.8, 4) is 0 Å². The molecule has 0 saturated heterocycles. The number of hydrogen-bond donors (Lipinski definition) is 2. The Morgan fingerprint density at radius 3 is 2.43 bits per heavy atom. The molecule has 1 rings (SSSR count). The van der Waals surface area contributed by atoms with Gasteiger partial charge in [0.05, 0.1) is 4.92 Å². The van der Waals surface area contributed by atoms with Gasteiger partial charge in [0, 0.05) is 18.7 Å². The molecule has 0 bridgehead atoms. The molecule has 0 aliphatic heterocycles. The minimum atomic E-state index is -4.30. The molecule has 0 heterocycles. The SMILES string of the molecule is CNCC(C)CNS(=O)(=O)c1cc([N+](=O)[O-])c(F)cc1F. The van der Waals surface area contributed by atoms with Crippen LogP contribution in [0.3, 0.4) is 0 Å². The van der Waals surface area contributed by atoms with Crippen molar-refractivity contribution in [2.24, 2.45) is 5.92 Å². The van der Waals surface area contributed by atoms with Crippen LogP contribution in [0.1, 0.15) is 6.92 Å². The Bertz CT molecular complexity index is 637. The van der Waals surface area contributed by atoms with E-state index in [0.29, 0.717) is 12.6 Å². The van der Waals surface area contributed by atoms with E-state index in [2.05, 4.69) is 10.0 Å². The fourth-order valence-electron chi connectivity index (χ4n) is 1.61. The lowest BCUT2D eigenvalue weighted by molar-refractivity contribution is -0.387. The molecule has 0 saturated carbocycles. The molecule has 0 fully saturated rings. The smallest absolute Gasteiger partial charge is 0.306 e. The summed E-state index contributed by atoms with van der Waals surface area (Å²) in [5.74, 6) is -2.89. The lowest BCUT2D eigenvalue weighted by atomic mass is 10.2. The summed E-state index contributed by atoms with van der Waals surface area (Å²) in [5.41, 5.74) is -1.10. The van der Waals surface area contributed by atoms with Crippen molar-refractivity contribution in [3.63, 3.8) is 0 Å². The van der Waals surface area contributed by atoms with Crippen LogP contribution in [0.25, 0.3) is 0 Å². The molecule has 1 aromatic rings. The molecule has 2 N–H and O–H groups in total. The highest BCUT2D eigenvalue weighted by atomic mass is 32.2. The zero-order chi connectivity index (χ0) is 16.2. The van der Waals surface area contributed by atoms with Gasteiger partial charge in [-0.25, -0.2) is 17.5 Å². The van der Waals surface area contributed by atoms with Crippen molar-refractivity contribution < 1.29 is 22.1 Å². The van der Waals surface area contributed by atoms with Gasteiger partial charge in [-0.05, 0) is 19.5 Å². The van der Waals surface area contributed by atoms with Gasteiger partial charge in [-0.1, -0.05) is 6.92 Å². The van der Waals surface area contributed by atoms with Crippen molar-refractivity contribution in [2.75, 3.05) is 20.1 Å². The topological polar surface area (TPSA) is 101 Å². The van der Waals surface area contributed by atoms with Crippen molar-refractivity contribution in [1.29, 1.82) is 0 Å². The third kappa shape index (κ3) is 4.41. The van der Waals surface area contributed by atoms with Crippen LogP contribution in [-0.4, -0.2) is 33.5 Å². The summed E-state index contributed by atoms with van der Waals surface area (Å²) in [6.45, 7) is 2.28. The molecule has 1 unspecified atom stereocenters. The average molecular weight is 323 g/mol. The molecule has 10 heteroatoms. The summed E-state index contributed by atoms with van der Waals surface area (Å²) in [6, 6.07) is 0.555. The molecular formula is C11H15F2N3O4S. The molecule has 0 aliphatic carbocycles. The second-order valence-electron chi connectivity index (χ2n) is 4.51. The van der Waals surface area contributed by atoms with E-state index in [1.807, 2.05) is 0 Å². The Labute approximate surface area is 120 Å². The van der Waals surface area contributed by atoms with E-state index in [1.54, 1.807) is 14.0 Å². The van der Waals surface area contributed by atoms with Gasteiger partial charge in [0.1, 0.15) is 10.7 Å². The fourth-order valence-corrected chi connectivity index (χ4v) is 2.86. The Balaban J connectivity index is 3.08. The maximum absolute atomic E-state index is 13.6. The third-order valence-electron chi connectivity index (χ3n) is 2.66. The Morgan fingerprint density at radius 2 is 1.90 bits per heavy atom. The Hall–Kier alpha value is -1.65. The van der Waals surface area contributed by atoms with Crippen molar-refractivity contribution in [3.05, 3.63) is 33.9 Å². The quantitative estimate of drug-likeness (QED) is 0.576. The summed E-state index contributed by atoms with van der Waals surface area (Å²) >= 11 is 0. The van der Waals surface area contributed by atoms with E-state index < -0.39 is 37.2 Å². The van der Waals surface area contributed by atoms with E-state index in [4.69, 9.17) is 0 Å². The van der Waals surface area contributed by atoms with Crippen LogP contribution < -0.4 is 10.0 Å². The highest BCUT2D eigenvalue weighted by molar-refractivity contribution is 7.89. The zero-order valence-electron chi connectivity index (χ0n) is 11.4. The van der Waals surface area contributed by atoms with Crippen LogP contribution in [0.5, 0.6) is 0 Å². The predicted octanol–water partition coefficient (Wildman–Crippen LogP) is 1.01. The Morgan fingerprint density at radius 1 is 1.29 bits per heavy atom. The second kappa shape index (κ2) is 6.87. The average Bonchev–Trinajstić information content (AvgIpc) is 2.36. The molecule has 0 amide bonds. The van der Waals surface area contributed by atoms with E-state index in [9.17, 15) is 27.3 Å². The predicted molar refractivity (Wildman–Crippen MR) is 71.3 cm³/mol. The number of nitro benzene ring substituents is 1. The lowest BCUT2D eigenvalue weighted by Crippen LogP contribution is -2.32. The van der Waals surface area contributed by atoms with Crippen LogP contribution in [0.4, 0.5) is 14.5 Å². The first-order chi connectivity index (χ1) is 9.69. The molecule has 0 radical (unpaired) electrons. The molecule has 0 aliphatic rings. The van der Waals surface area contributed by atoms with Gasteiger partial charge in [-0.2, -0.15) is 4.39 Å². The fraction of sp³-hybridized carbons (Fsp3) is 0.455. The molecule has 0 spiro atoms. The zero-order valence-corrected chi connectivity index (χ0v) is 12.2. The van der Waals surface area contributed by atoms with Crippen LogP contribution in [0.15, 0.2) is 17.0 Å². The van der Waals surface area contributed by atoms with Gasteiger partial charge < -0.3 is 5.32 Å². The number of nitrogens with zero attached hydrogens (tertiary/aromatic N) is 1. The highest BCUT2D eigenvalue weighted by Crippen LogP contribution is 2.24. The number of nitro groups is 1. The minimum absolute atomic E-state index is 0.00773. The molecule has 118 valence electrons. The van der Waals surface area contributed by atoms with Crippen molar-refractivity contribution in [1.82, 2.24) is 10.0 Å². The van der Waals surface area contributed by atoms with Crippen LogP contribution in [0, 0.1) is 27.7 Å². The van der Waals surface area contributed by atoms with Crippen molar-refractivity contribution in [2.45, 2.75) is 11.8 Å². The Kier molecular flexibility index (Phi) is 5.70. The first-order valence-electron chi connectivity index (χ1n) is 5.96. The van der Waals surface area contributed by atoms with Crippen LogP contribution in [-0.2, 0) is 10.0 Å². The molecule has 7 nitrogen and oxygen atoms in total. The lowest BCUT2D eigenvalue weighted by Gasteiger charge is -2.12. The normalized spacial score (nSPS) is 13.1. The van der Waals surface area contributed by atoms with E-state index in [0.717, 1.165) is 0 Å². The summed E-state index contributed by atoms with van der Waals surface area (Å²) in [6.07, 6.45) is 0. The summed E-state index contributed by atoms with van der Waals surface area (Å²) < 4.78 is 52.7. The van der Waals surface area contributed by atoms with Crippen molar-refractivity contribution >= 4 is 15.7 Å².